The van der Waals surface area contributed by atoms with E-state index in [2.05, 4.69) is 113 Å². The molecule has 0 amide bonds. The van der Waals surface area contributed by atoms with Gasteiger partial charge in [0.15, 0.2) is 0 Å². The number of hydrogen-bond acceptors (Lipinski definition) is 0. The van der Waals surface area contributed by atoms with Gasteiger partial charge in [-0.2, -0.15) is 0 Å². The van der Waals surface area contributed by atoms with Crippen LogP contribution in [0.15, 0.2) is 54.6 Å². The maximum atomic E-state index is 3.57. The first-order chi connectivity index (χ1) is 11.4. The second kappa shape index (κ2) is 8.19. The highest BCUT2D eigenvalue weighted by atomic mass is 79.9. The molecule has 0 N–H and O–H groups in total. The maximum absolute atomic E-state index is 3.57. The molecule has 0 radical (unpaired) electrons. The Morgan fingerprint density at radius 3 is 2.21 bits per heavy atom. The molecule has 0 spiro atoms. The van der Waals surface area contributed by atoms with Crippen molar-refractivity contribution in [3.63, 3.8) is 0 Å². The minimum absolute atomic E-state index is 0.190. The Hall–Kier alpha value is -1.30. The van der Waals surface area contributed by atoms with Crippen LogP contribution in [0, 0.1) is 10.8 Å². The molecule has 124 valence electrons. The molecule has 0 heterocycles. The van der Waals surface area contributed by atoms with Crippen LogP contribution in [0.5, 0.6) is 0 Å². The number of rotatable bonds is 1. The van der Waals surface area contributed by atoms with Gasteiger partial charge in [-0.1, -0.05) is 98.1 Å². The Bertz CT molecular complexity index is 802. The van der Waals surface area contributed by atoms with Crippen LogP contribution in [-0.4, -0.2) is 0 Å². The minimum atomic E-state index is 0.190. The van der Waals surface area contributed by atoms with E-state index in [4.69, 9.17) is 0 Å². The molecule has 1 aliphatic carbocycles. The molecule has 0 aliphatic heterocycles. The molecule has 1 aliphatic rings. The van der Waals surface area contributed by atoms with Crippen LogP contribution in [0.3, 0.4) is 0 Å². The number of allylic oxidation sites excluding steroid dienone is 1. The molecule has 0 atom stereocenters. The standard InChI is InChI=1S/2C11H11Br/c1-11(2)7-10(12)8-5-3-4-6-9(8)11;1-9(2)11-6-4-3-5-10(11)7-8-12/h3-7H,1-2H3;3-6,9H,1-2H3. The Labute approximate surface area is 162 Å². The summed E-state index contributed by atoms with van der Waals surface area (Å²) >= 11 is 6.68. The average Bonchev–Trinajstić information content (AvgIpc) is 2.79. The van der Waals surface area contributed by atoms with Crippen LogP contribution < -0.4 is 0 Å². The Morgan fingerprint density at radius 1 is 0.958 bits per heavy atom. The Morgan fingerprint density at radius 2 is 1.58 bits per heavy atom. The lowest BCUT2D eigenvalue weighted by Gasteiger charge is -2.16. The zero-order valence-corrected chi connectivity index (χ0v) is 17.7. The number of benzene rings is 2. The molecule has 2 aromatic carbocycles. The molecule has 24 heavy (non-hydrogen) atoms. The second-order valence-corrected chi connectivity index (χ2v) is 7.97. The van der Waals surface area contributed by atoms with Gasteiger partial charge in [-0.3, -0.25) is 0 Å². The first-order valence-electron chi connectivity index (χ1n) is 8.05. The van der Waals surface area contributed by atoms with Crippen molar-refractivity contribution in [2.45, 2.75) is 39.0 Å². The van der Waals surface area contributed by atoms with Gasteiger partial charge in [-0.15, -0.1) is 0 Å². The van der Waals surface area contributed by atoms with E-state index < -0.39 is 0 Å². The van der Waals surface area contributed by atoms with Gasteiger partial charge < -0.3 is 0 Å². The van der Waals surface area contributed by atoms with Crippen molar-refractivity contribution >= 4 is 36.3 Å². The van der Waals surface area contributed by atoms with Gasteiger partial charge in [0.2, 0.25) is 0 Å². The quantitative estimate of drug-likeness (QED) is 0.406. The predicted octanol–water partition coefficient (Wildman–Crippen LogP) is 7.23. The fourth-order valence-electron chi connectivity index (χ4n) is 2.89. The molecule has 0 saturated heterocycles. The number of hydrogen-bond donors (Lipinski definition) is 0. The van der Waals surface area contributed by atoms with Crippen LogP contribution in [0.25, 0.3) is 4.48 Å². The van der Waals surface area contributed by atoms with Crippen molar-refractivity contribution in [1.82, 2.24) is 0 Å². The Balaban J connectivity index is 0.000000174. The van der Waals surface area contributed by atoms with Crippen LogP contribution in [0.1, 0.15) is 55.9 Å². The van der Waals surface area contributed by atoms with Gasteiger partial charge in [0.05, 0.1) is 0 Å². The fraction of sp³-hybridized carbons (Fsp3) is 0.273. The molecule has 0 fully saturated rings. The van der Waals surface area contributed by atoms with E-state index in [0.717, 1.165) is 5.56 Å². The monoisotopic (exact) mass is 444 g/mol. The summed E-state index contributed by atoms with van der Waals surface area (Å²) in [5, 5.41) is 0. The van der Waals surface area contributed by atoms with Crippen molar-refractivity contribution in [2.24, 2.45) is 0 Å². The van der Waals surface area contributed by atoms with E-state index in [1.54, 1.807) is 0 Å². The summed E-state index contributed by atoms with van der Waals surface area (Å²) in [6, 6.07) is 16.8. The van der Waals surface area contributed by atoms with E-state index in [1.165, 1.54) is 21.2 Å². The van der Waals surface area contributed by atoms with E-state index in [0.29, 0.717) is 5.92 Å². The first-order valence-corrected chi connectivity index (χ1v) is 9.64. The van der Waals surface area contributed by atoms with Crippen molar-refractivity contribution in [2.75, 3.05) is 0 Å². The van der Waals surface area contributed by atoms with Gasteiger partial charge in [-0.05, 0) is 33.5 Å². The van der Waals surface area contributed by atoms with Crippen molar-refractivity contribution in [3.05, 3.63) is 76.9 Å². The van der Waals surface area contributed by atoms with Crippen LogP contribution >= 0.6 is 31.9 Å². The van der Waals surface area contributed by atoms with Crippen molar-refractivity contribution in [1.29, 1.82) is 0 Å². The molecule has 0 unspecified atom stereocenters. The topological polar surface area (TPSA) is 0 Å². The van der Waals surface area contributed by atoms with E-state index >= 15 is 0 Å². The molecule has 3 rings (SSSR count). The lowest BCUT2D eigenvalue weighted by molar-refractivity contribution is 0.683. The highest BCUT2D eigenvalue weighted by Gasteiger charge is 2.27. The first kappa shape index (κ1) is 19.0. The van der Waals surface area contributed by atoms with Crippen LogP contribution in [0.4, 0.5) is 0 Å². The van der Waals surface area contributed by atoms with Gasteiger partial charge in [0.25, 0.3) is 0 Å². The third kappa shape index (κ3) is 4.41. The summed E-state index contributed by atoms with van der Waals surface area (Å²) in [7, 11) is 0. The second-order valence-electron chi connectivity index (χ2n) is 6.72. The number of halogens is 2. The normalized spacial score (nSPS) is 14.0. The fourth-order valence-corrected chi connectivity index (χ4v) is 4.02. The zero-order chi connectivity index (χ0) is 17.7. The molecule has 0 bridgehead atoms. The summed E-state index contributed by atoms with van der Waals surface area (Å²) < 4.78 is 1.23. The van der Waals surface area contributed by atoms with Gasteiger partial charge in [0.1, 0.15) is 0 Å². The van der Waals surface area contributed by atoms with Gasteiger partial charge in [0, 0.05) is 31.4 Å². The molecule has 0 aromatic heterocycles. The lowest BCUT2D eigenvalue weighted by Crippen LogP contribution is -2.10. The molecule has 2 aromatic rings. The predicted molar refractivity (Wildman–Crippen MR) is 113 cm³/mol. The molecular formula is C22H22Br2. The maximum Gasteiger partial charge on any atom is 0.0288 e. The van der Waals surface area contributed by atoms with Gasteiger partial charge >= 0.3 is 0 Å². The van der Waals surface area contributed by atoms with Crippen LogP contribution in [0.2, 0.25) is 0 Å². The summed E-state index contributed by atoms with van der Waals surface area (Å²) in [5.41, 5.74) is 5.36. The van der Waals surface area contributed by atoms with Crippen LogP contribution in [-0.2, 0) is 5.41 Å². The summed E-state index contributed by atoms with van der Waals surface area (Å²) in [5.74, 6) is 3.56. The third-order valence-electron chi connectivity index (χ3n) is 4.13. The molecular weight excluding hydrogens is 424 g/mol. The molecule has 0 nitrogen and oxygen atoms in total. The molecule has 0 saturated carbocycles. The largest absolute Gasteiger partial charge is 0.0619 e. The smallest absolute Gasteiger partial charge is 0.0288 e. The van der Waals surface area contributed by atoms with Crippen molar-refractivity contribution < 1.29 is 0 Å². The van der Waals surface area contributed by atoms with Gasteiger partial charge in [-0.25, -0.2) is 0 Å². The lowest BCUT2D eigenvalue weighted by atomic mass is 9.87. The summed E-state index contributed by atoms with van der Waals surface area (Å²) in [6.07, 6.45) is 2.26. The Kier molecular flexibility index (Phi) is 6.49. The molecule has 2 heteroatoms. The minimum Gasteiger partial charge on any atom is -0.0619 e. The summed E-state index contributed by atoms with van der Waals surface area (Å²) in [4.78, 5) is 2.74. The average molecular weight is 446 g/mol. The summed E-state index contributed by atoms with van der Waals surface area (Å²) in [6.45, 7) is 8.82. The van der Waals surface area contributed by atoms with E-state index in [-0.39, 0.29) is 5.41 Å². The highest BCUT2D eigenvalue weighted by molar-refractivity contribution is 9.15. The SMILES string of the molecule is CC(C)c1ccccc1C#CBr.CC1(C)C=C(Br)c2ccccc21. The van der Waals surface area contributed by atoms with E-state index in [9.17, 15) is 0 Å². The third-order valence-corrected chi connectivity index (χ3v) is 4.99. The zero-order valence-electron chi connectivity index (χ0n) is 14.5. The highest BCUT2D eigenvalue weighted by Crippen LogP contribution is 2.42. The van der Waals surface area contributed by atoms with Crippen molar-refractivity contribution in [3.8, 4) is 10.8 Å². The van der Waals surface area contributed by atoms with E-state index in [1.807, 2.05) is 12.1 Å². The number of fused-ring (bicyclic) bond motifs is 1.